The van der Waals surface area contributed by atoms with Crippen LogP contribution in [-0.4, -0.2) is 35.7 Å². The van der Waals surface area contributed by atoms with E-state index < -0.39 is 5.60 Å². The number of hydrogen-bond donors (Lipinski definition) is 1. The number of nitrogens with zero attached hydrogens (tertiary/aromatic N) is 1. The molecule has 4 nitrogen and oxygen atoms in total. The fourth-order valence-corrected chi connectivity index (χ4v) is 2.68. The molecule has 1 heterocycles. The van der Waals surface area contributed by atoms with Crippen LogP contribution in [-0.2, 0) is 4.74 Å². The molecule has 1 amide bonds. The normalized spacial score (nSPS) is 37.1. The molecule has 1 aliphatic carbocycles. The van der Waals surface area contributed by atoms with Crippen molar-refractivity contribution in [2.24, 2.45) is 17.1 Å². The van der Waals surface area contributed by atoms with Crippen molar-refractivity contribution in [3.63, 3.8) is 0 Å². The first kappa shape index (κ1) is 12.7. The van der Waals surface area contributed by atoms with Gasteiger partial charge in [-0.05, 0) is 44.9 Å². The maximum absolute atomic E-state index is 11.9. The Balaban J connectivity index is 1.88. The van der Waals surface area contributed by atoms with E-state index in [9.17, 15) is 4.79 Å². The number of rotatable bonds is 1. The summed E-state index contributed by atoms with van der Waals surface area (Å²) < 4.78 is 5.39. The maximum Gasteiger partial charge on any atom is 0.410 e. The van der Waals surface area contributed by atoms with E-state index in [2.05, 4.69) is 6.92 Å². The summed E-state index contributed by atoms with van der Waals surface area (Å²) in [7, 11) is 0. The van der Waals surface area contributed by atoms with Crippen molar-refractivity contribution < 1.29 is 9.53 Å². The van der Waals surface area contributed by atoms with Crippen molar-refractivity contribution in [1.82, 2.24) is 4.90 Å². The van der Waals surface area contributed by atoms with Crippen LogP contribution in [0, 0.1) is 11.3 Å². The van der Waals surface area contributed by atoms with Crippen LogP contribution in [0.3, 0.4) is 0 Å². The van der Waals surface area contributed by atoms with Gasteiger partial charge in [0.05, 0.1) is 0 Å². The van der Waals surface area contributed by atoms with Crippen LogP contribution in [0.5, 0.6) is 0 Å². The third-order valence-electron chi connectivity index (χ3n) is 4.12. The highest BCUT2D eigenvalue weighted by Crippen LogP contribution is 2.53. The summed E-state index contributed by atoms with van der Waals surface area (Å²) in [6, 6.07) is 0.325. The van der Waals surface area contributed by atoms with E-state index in [1.165, 1.54) is 0 Å². The van der Waals surface area contributed by atoms with Gasteiger partial charge in [-0.3, -0.25) is 0 Å². The minimum absolute atomic E-state index is 0.183. The highest BCUT2D eigenvalue weighted by atomic mass is 16.6. The smallest absolute Gasteiger partial charge is 0.410 e. The summed E-state index contributed by atoms with van der Waals surface area (Å²) in [4.78, 5) is 13.7. The van der Waals surface area contributed by atoms with Crippen molar-refractivity contribution >= 4 is 6.09 Å². The van der Waals surface area contributed by atoms with Crippen LogP contribution >= 0.6 is 0 Å². The molecule has 1 saturated heterocycles. The van der Waals surface area contributed by atoms with E-state index >= 15 is 0 Å². The van der Waals surface area contributed by atoms with Gasteiger partial charge in [-0.25, -0.2) is 4.79 Å². The number of amides is 1. The van der Waals surface area contributed by atoms with Crippen molar-refractivity contribution in [2.75, 3.05) is 13.1 Å². The number of carbonyl (C=O) groups excluding carboxylic acids is 1. The van der Waals surface area contributed by atoms with Gasteiger partial charge in [-0.15, -0.1) is 0 Å². The first-order valence-corrected chi connectivity index (χ1v) is 6.46. The Morgan fingerprint density at radius 3 is 2.53 bits per heavy atom. The molecule has 0 bridgehead atoms. The SMILES string of the molecule is CC(C)(C)OC(=O)N1CCC(C2(C)CC2N)C1. The highest BCUT2D eigenvalue weighted by molar-refractivity contribution is 5.68. The molecule has 2 N–H and O–H groups in total. The Morgan fingerprint density at radius 1 is 1.47 bits per heavy atom. The molecule has 4 heteroatoms. The summed E-state index contributed by atoms with van der Waals surface area (Å²) in [6.07, 6.45) is 1.97. The van der Waals surface area contributed by atoms with Gasteiger partial charge in [0.15, 0.2) is 0 Å². The van der Waals surface area contributed by atoms with Crippen LogP contribution in [0.4, 0.5) is 4.79 Å². The van der Waals surface area contributed by atoms with Crippen LogP contribution in [0.15, 0.2) is 0 Å². The molecule has 0 radical (unpaired) electrons. The molecule has 2 fully saturated rings. The van der Waals surface area contributed by atoms with Gasteiger partial charge < -0.3 is 15.4 Å². The lowest BCUT2D eigenvalue weighted by Gasteiger charge is -2.25. The fourth-order valence-electron chi connectivity index (χ4n) is 2.68. The van der Waals surface area contributed by atoms with Gasteiger partial charge in [0.25, 0.3) is 0 Å². The van der Waals surface area contributed by atoms with Crippen molar-refractivity contribution in [3.05, 3.63) is 0 Å². The lowest BCUT2D eigenvalue weighted by atomic mass is 9.89. The van der Waals surface area contributed by atoms with Gasteiger partial charge in [0.1, 0.15) is 5.60 Å². The molecule has 3 atom stereocenters. The summed E-state index contributed by atoms with van der Waals surface area (Å²) in [6.45, 7) is 9.55. The van der Waals surface area contributed by atoms with Crippen LogP contribution in [0.25, 0.3) is 0 Å². The second-order valence-electron chi connectivity index (χ2n) is 6.73. The van der Waals surface area contributed by atoms with Crippen molar-refractivity contribution in [3.8, 4) is 0 Å². The Labute approximate surface area is 103 Å². The van der Waals surface area contributed by atoms with Gasteiger partial charge in [0.2, 0.25) is 0 Å². The molecule has 0 spiro atoms. The second kappa shape index (κ2) is 3.87. The summed E-state index contributed by atoms with van der Waals surface area (Å²) in [5, 5.41) is 0. The molecule has 0 aromatic carbocycles. The molecule has 2 rings (SSSR count). The van der Waals surface area contributed by atoms with Crippen molar-refractivity contribution in [1.29, 1.82) is 0 Å². The first-order valence-electron chi connectivity index (χ1n) is 6.46. The molecular formula is C13H24N2O2. The lowest BCUT2D eigenvalue weighted by molar-refractivity contribution is 0.0282. The van der Waals surface area contributed by atoms with Gasteiger partial charge in [-0.1, -0.05) is 6.92 Å². The van der Waals surface area contributed by atoms with Crippen molar-refractivity contribution in [2.45, 2.75) is 52.2 Å². The molecule has 0 aromatic heterocycles. The molecule has 3 unspecified atom stereocenters. The Morgan fingerprint density at radius 2 is 2.06 bits per heavy atom. The number of carbonyl (C=O) groups is 1. The Bertz CT molecular complexity index is 324. The number of nitrogens with two attached hydrogens (primary N) is 1. The second-order valence-corrected chi connectivity index (χ2v) is 6.73. The standard InChI is InChI=1S/C13H24N2O2/c1-12(2,3)17-11(16)15-6-5-9(8-15)13(4)7-10(13)14/h9-10H,5-8,14H2,1-4H3. The summed E-state index contributed by atoms with van der Waals surface area (Å²) in [5.74, 6) is 0.546. The molecule has 2 aliphatic rings. The summed E-state index contributed by atoms with van der Waals surface area (Å²) >= 11 is 0. The van der Waals surface area contributed by atoms with Crippen LogP contribution < -0.4 is 5.73 Å². The first-order chi connectivity index (χ1) is 7.72. The molecule has 1 saturated carbocycles. The van der Waals surface area contributed by atoms with Gasteiger partial charge in [0, 0.05) is 19.1 Å². The topological polar surface area (TPSA) is 55.6 Å². The monoisotopic (exact) mass is 240 g/mol. The third kappa shape index (κ3) is 2.57. The minimum atomic E-state index is -0.408. The minimum Gasteiger partial charge on any atom is -0.444 e. The number of hydrogen-bond acceptors (Lipinski definition) is 3. The van der Waals surface area contributed by atoms with Gasteiger partial charge >= 0.3 is 6.09 Å². The molecule has 1 aliphatic heterocycles. The summed E-state index contributed by atoms with van der Waals surface area (Å²) in [5.41, 5.74) is 5.82. The number of ether oxygens (including phenoxy) is 1. The van der Waals surface area contributed by atoms with E-state index in [1.807, 2.05) is 25.7 Å². The average Bonchev–Trinajstić information content (AvgIpc) is 2.66. The van der Waals surface area contributed by atoms with Crippen LogP contribution in [0.1, 0.15) is 40.5 Å². The number of likely N-dealkylation sites (tertiary alicyclic amines) is 1. The van der Waals surface area contributed by atoms with Gasteiger partial charge in [-0.2, -0.15) is 0 Å². The van der Waals surface area contributed by atoms with E-state index in [1.54, 1.807) is 0 Å². The maximum atomic E-state index is 11.9. The predicted molar refractivity (Wildman–Crippen MR) is 66.6 cm³/mol. The third-order valence-corrected chi connectivity index (χ3v) is 4.12. The van der Waals surface area contributed by atoms with E-state index in [4.69, 9.17) is 10.5 Å². The predicted octanol–water partition coefficient (Wildman–Crippen LogP) is 1.98. The largest absolute Gasteiger partial charge is 0.444 e. The molecule has 0 aromatic rings. The fraction of sp³-hybridized carbons (Fsp3) is 0.923. The lowest BCUT2D eigenvalue weighted by Crippen LogP contribution is -2.36. The molecular weight excluding hydrogens is 216 g/mol. The van der Waals surface area contributed by atoms with Crippen LogP contribution in [0.2, 0.25) is 0 Å². The quantitative estimate of drug-likeness (QED) is 0.762. The zero-order valence-corrected chi connectivity index (χ0v) is 11.3. The zero-order chi connectivity index (χ0) is 12.8. The highest BCUT2D eigenvalue weighted by Gasteiger charge is 2.54. The van der Waals surface area contributed by atoms with E-state index in [0.717, 1.165) is 25.9 Å². The molecule has 98 valence electrons. The molecule has 17 heavy (non-hydrogen) atoms. The Kier molecular flexibility index (Phi) is 2.89. The Hall–Kier alpha value is -0.770. The van der Waals surface area contributed by atoms with E-state index in [0.29, 0.717) is 12.0 Å². The zero-order valence-electron chi connectivity index (χ0n) is 11.3. The average molecular weight is 240 g/mol. The van der Waals surface area contributed by atoms with E-state index in [-0.39, 0.29) is 11.5 Å².